The van der Waals surface area contributed by atoms with Crippen molar-refractivity contribution in [3.63, 3.8) is 0 Å². The van der Waals surface area contributed by atoms with E-state index in [1.807, 2.05) is 39.4 Å². The predicted octanol–water partition coefficient (Wildman–Crippen LogP) is 3.75. The van der Waals surface area contributed by atoms with Gasteiger partial charge in [0.2, 0.25) is 45.0 Å². The van der Waals surface area contributed by atoms with Crippen LogP contribution in [0.3, 0.4) is 0 Å². The van der Waals surface area contributed by atoms with E-state index >= 15 is 0 Å². The van der Waals surface area contributed by atoms with E-state index in [4.69, 9.17) is 82.9 Å². The maximum atomic E-state index is 12.2. The van der Waals surface area contributed by atoms with Crippen LogP contribution in [0.5, 0.6) is 0 Å². The topological polar surface area (TPSA) is 404 Å². The van der Waals surface area contributed by atoms with Gasteiger partial charge in [-0.2, -0.15) is 0 Å². The average Bonchev–Trinajstić information content (AvgIpc) is 1.68. The molecule has 572 valence electrons. The number of morpholine rings is 3. The number of halogens is 1. The first-order valence-corrected chi connectivity index (χ1v) is 39.8. The monoisotopic (exact) mass is 1510 g/mol. The zero-order chi connectivity index (χ0) is 74.2. The van der Waals surface area contributed by atoms with Crippen LogP contribution in [0.4, 0.5) is 47.2 Å². The summed E-state index contributed by atoms with van der Waals surface area (Å²) in [4.78, 5) is 81.5. The Hall–Kier alpha value is -8.75. The van der Waals surface area contributed by atoms with Crippen molar-refractivity contribution in [2.24, 2.45) is 17.8 Å². The Balaban J connectivity index is 0.000000123. The molecule has 6 aliphatic heterocycles. The van der Waals surface area contributed by atoms with Crippen LogP contribution >= 0.6 is 11.6 Å². The summed E-state index contributed by atoms with van der Waals surface area (Å²) in [6, 6.07) is 1.11. The molecule has 3 aliphatic carbocycles. The normalized spacial score (nSPS) is 20.6. The molecule has 3 saturated carbocycles. The molecular formula is C70H99ClN30O5S. The molecule has 15 heterocycles. The predicted molar refractivity (Wildman–Crippen MR) is 412 cm³/mol. The van der Waals surface area contributed by atoms with E-state index in [9.17, 15) is 8.42 Å². The molecule has 0 amide bonds. The van der Waals surface area contributed by atoms with E-state index in [0.29, 0.717) is 112 Å². The van der Waals surface area contributed by atoms with Crippen LogP contribution in [0.1, 0.15) is 74.9 Å². The Bertz CT molecular complexity index is 4770. The molecule has 9 fully saturated rings. The van der Waals surface area contributed by atoms with Gasteiger partial charge in [0.1, 0.15) is 0 Å². The summed E-state index contributed by atoms with van der Waals surface area (Å²) >= 11 is 6.50. The van der Waals surface area contributed by atoms with Gasteiger partial charge in [0.25, 0.3) is 0 Å². The zero-order valence-electron chi connectivity index (χ0n) is 62.2. The molecule has 0 radical (unpaired) electrons. The van der Waals surface area contributed by atoms with Crippen molar-refractivity contribution >= 4 is 102 Å². The molecule has 35 nitrogen and oxygen atoms in total. The Morgan fingerprint density at radius 2 is 0.869 bits per heavy atom. The second-order valence-corrected chi connectivity index (χ2v) is 31.7. The van der Waals surface area contributed by atoms with Gasteiger partial charge in [0, 0.05) is 135 Å². The molecule has 3 unspecified atom stereocenters. The van der Waals surface area contributed by atoms with Crippen molar-refractivity contribution in [1.29, 1.82) is 0 Å². The quantitative estimate of drug-likeness (QED) is 0.0666. The lowest BCUT2D eigenvalue weighted by molar-refractivity contribution is 0.122. The molecule has 37 heteroatoms. The molecular weight excluding hydrogens is 1410 g/mol. The fraction of sp³-hybridized carbons (Fsp3) is 0.614. The Morgan fingerprint density at radius 1 is 0.486 bits per heavy atom. The summed E-state index contributed by atoms with van der Waals surface area (Å²) in [5, 5.41) is 10.3. The molecule has 3 atom stereocenters. The fourth-order valence-corrected chi connectivity index (χ4v) is 15.5. The van der Waals surface area contributed by atoms with Crippen molar-refractivity contribution in [3.8, 4) is 34.2 Å². The Kier molecular flexibility index (Phi) is 21.9. The number of likely N-dealkylation sites (N-methyl/N-ethyl adjacent to an activating group) is 3. The number of nitrogen functional groups attached to an aromatic ring is 3. The summed E-state index contributed by atoms with van der Waals surface area (Å²) < 4.78 is 49.1. The van der Waals surface area contributed by atoms with E-state index in [0.717, 1.165) is 182 Å². The zero-order valence-corrected chi connectivity index (χ0v) is 63.8. The molecule has 9 N–H and O–H groups in total. The molecule has 0 spiro atoms. The minimum Gasteiger partial charge on any atom is -0.378 e. The summed E-state index contributed by atoms with van der Waals surface area (Å²) in [7, 11) is 2.42. The number of fused-ring (bicyclic) bond motifs is 3. The fourth-order valence-electron chi connectivity index (χ4n) is 14.6. The number of anilines is 8. The van der Waals surface area contributed by atoms with Crippen LogP contribution in [0.25, 0.3) is 67.7 Å². The van der Waals surface area contributed by atoms with E-state index in [1.54, 1.807) is 25.6 Å². The van der Waals surface area contributed by atoms with Crippen molar-refractivity contribution < 1.29 is 22.6 Å². The molecule has 9 aromatic heterocycles. The average molecular weight is 1510 g/mol. The Morgan fingerprint density at radius 3 is 1.22 bits per heavy atom. The third-order valence-corrected chi connectivity index (χ3v) is 23.2. The summed E-state index contributed by atoms with van der Waals surface area (Å²) in [6.45, 7) is 22.2. The lowest BCUT2D eigenvalue weighted by Crippen LogP contribution is -2.38. The van der Waals surface area contributed by atoms with E-state index < -0.39 is 10.0 Å². The molecule has 9 aliphatic rings. The number of hydrogen-bond acceptors (Lipinski definition) is 31. The third kappa shape index (κ3) is 16.6. The van der Waals surface area contributed by atoms with Crippen LogP contribution < -0.4 is 57.7 Å². The Labute approximate surface area is 627 Å². The molecule has 6 saturated heterocycles. The highest BCUT2D eigenvalue weighted by Gasteiger charge is 2.38. The maximum absolute atomic E-state index is 12.2. The maximum Gasteiger partial charge on any atom is 0.220 e. The van der Waals surface area contributed by atoms with E-state index in [-0.39, 0.29) is 23.9 Å². The van der Waals surface area contributed by atoms with Gasteiger partial charge in [-0.25, -0.2) is 87.5 Å². The first kappa shape index (κ1) is 73.7. The van der Waals surface area contributed by atoms with Crippen molar-refractivity contribution in [1.82, 2.24) is 109 Å². The van der Waals surface area contributed by atoms with Crippen LogP contribution in [0, 0.1) is 38.5 Å². The largest absolute Gasteiger partial charge is 0.378 e. The highest BCUT2D eigenvalue weighted by molar-refractivity contribution is 7.88. The van der Waals surface area contributed by atoms with Crippen LogP contribution in [-0.4, -0.2) is 265 Å². The van der Waals surface area contributed by atoms with E-state index in [1.165, 1.54) is 62.1 Å². The number of hydrogen-bond donors (Lipinski definition) is 6. The smallest absolute Gasteiger partial charge is 0.220 e. The molecule has 0 aromatic carbocycles. The number of nitrogens with one attached hydrogen (secondary N) is 3. The number of rotatable bonds is 18. The second-order valence-electron chi connectivity index (χ2n) is 29.3. The first-order valence-electron chi connectivity index (χ1n) is 37.6. The standard InChI is InChI=1S/C24H34N10O3S.C23H32N10O.C18H21ClN8O.C5H12N2/c1-15-18(12-26-23(25)27-15)20-29-21(32-8-10-37-11-9-32)19-22(30-20)34(13-16-4-5-16)24(28-19)33-7-6-17(14-33)31(2)38(3,35)36;1-14-17(11-26-22(24)27-14)19-29-20(31-7-9-34-10-8-31)18-21(30-19)33(12-15-3-4-15)23(28-18)32-6-5-16(13-32)25-2;1-10-12(8-21-18(20)22-10)14-24-15(26-4-6-28-7-5-26)13-16(25-14)27(17(19)23-13)9-11-2-3-11;1-6-5-2-3-7-4-5/h12,16-17H,4-11,13-14H2,1-3H3,(H2,25,26,27);11,15-16,25H,3-10,12-13H2,1-2H3,(H2,24,26,27);8,11H,2-7,9H2,1H3,(H2,20,21,22);5-7H,2-4H2,1H3. The lowest BCUT2D eigenvalue weighted by atomic mass is 10.2. The van der Waals surface area contributed by atoms with Gasteiger partial charge in [0.15, 0.2) is 68.4 Å². The number of aromatic nitrogens is 18. The molecule has 18 rings (SSSR count). The van der Waals surface area contributed by atoms with Gasteiger partial charge in [-0.1, -0.05) is 0 Å². The SMILES string of the molecule is CNC1CCN(c2nc3c(N4CCOCC4)nc(-c4cnc(N)nc4C)nc3n2CC2CC2)C1.CNC1CCNC1.Cc1nc(N)ncc1-c1nc(N2CCOCC2)c2nc(Cl)n(CC3CC3)c2n1.Cc1nc(N)ncc1-c1nc(N2CCOCC2)c2nc(N3CCC(N(C)S(C)(=O)=O)C3)n(CC3CC3)c2n1. The van der Waals surface area contributed by atoms with Gasteiger partial charge in [-0.05, 0) is 129 Å². The van der Waals surface area contributed by atoms with Crippen molar-refractivity contribution in [3.05, 3.63) is 41.0 Å². The molecule has 9 aromatic rings. The molecule has 107 heavy (non-hydrogen) atoms. The highest BCUT2D eigenvalue weighted by atomic mass is 35.5. The summed E-state index contributed by atoms with van der Waals surface area (Å²) in [5.74, 6) is 8.54. The first-order chi connectivity index (χ1) is 51.8. The number of ether oxygens (including phenoxy) is 3. The van der Waals surface area contributed by atoms with E-state index in [2.05, 4.69) is 84.5 Å². The highest BCUT2D eigenvalue weighted by Crippen LogP contribution is 2.41. The number of nitrogens with zero attached hydrogens (tertiary/aromatic N) is 24. The van der Waals surface area contributed by atoms with Gasteiger partial charge >= 0.3 is 0 Å². The number of imidazole rings is 3. The van der Waals surface area contributed by atoms with Gasteiger partial charge < -0.3 is 71.9 Å². The minimum absolute atomic E-state index is 0.103. The minimum atomic E-state index is -3.28. The number of nitrogens with two attached hydrogens (primary N) is 3. The lowest BCUT2D eigenvalue weighted by Gasteiger charge is -2.28. The van der Waals surface area contributed by atoms with Crippen LogP contribution in [0.15, 0.2) is 18.6 Å². The van der Waals surface area contributed by atoms with Crippen LogP contribution in [0.2, 0.25) is 5.28 Å². The van der Waals surface area contributed by atoms with Gasteiger partial charge in [-0.15, -0.1) is 0 Å². The summed E-state index contributed by atoms with van der Waals surface area (Å²) in [5.41, 5.74) is 26.6. The summed E-state index contributed by atoms with van der Waals surface area (Å²) in [6.07, 6.45) is 16.8. The third-order valence-electron chi connectivity index (χ3n) is 21.5. The number of aryl methyl sites for hydroxylation is 3. The van der Waals surface area contributed by atoms with Gasteiger partial charge in [0.05, 0.1) is 79.7 Å². The van der Waals surface area contributed by atoms with Gasteiger partial charge in [-0.3, -0.25) is 13.7 Å². The second kappa shape index (κ2) is 31.8. The van der Waals surface area contributed by atoms with Crippen molar-refractivity contribution in [2.45, 2.75) is 116 Å². The van der Waals surface area contributed by atoms with Crippen LogP contribution in [-0.2, 0) is 43.9 Å². The molecule has 0 bridgehead atoms. The number of sulfonamides is 1. The van der Waals surface area contributed by atoms with Crippen molar-refractivity contribution in [2.75, 3.05) is 187 Å².